The number of halogens is 2. The van der Waals surface area contributed by atoms with Crippen molar-refractivity contribution in [2.24, 2.45) is 0 Å². The van der Waals surface area contributed by atoms with Gasteiger partial charge in [0.05, 0.1) is 13.0 Å². The summed E-state index contributed by atoms with van der Waals surface area (Å²) in [5.74, 6) is -0.150. The summed E-state index contributed by atoms with van der Waals surface area (Å²) >= 11 is 12.2. The summed E-state index contributed by atoms with van der Waals surface area (Å²) in [5.41, 5.74) is 1.11. The lowest BCUT2D eigenvalue weighted by Crippen LogP contribution is -2.54. The van der Waals surface area contributed by atoms with Crippen molar-refractivity contribution >= 4 is 34.8 Å². The van der Waals surface area contributed by atoms with Crippen LogP contribution in [0.25, 0.3) is 0 Å². The van der Waals surface area contributed by atoms with Gasteiger partial charge in [-0.2, -0.15) is 0 Å². The maximum atomic E-state index is 13.2. The number of methoxy groups -OCH3 is 1. The van der Waals surface area contributed by atoms with Crippen molar-refractivity contribution in [3.63, 3.8) is 0 Å². The van der Waals surface area contributed by atoms with Gasteiger partial charge in [-0.15, -0.1) is 0 Å². The highest BCUT2D eigenvalue weighted by atomic mass is 35.5. The van der Waals surface area contributed by atoms with Crippen molar-refractivity contribution < 1.29 is 19.2 Å². The first-order valence-electron chi connectivity index (χ1n) is 11.3. The standard InChI is InChI=1S/C26H23Cl2N3O5/c1-14-23(24(31(33)34)26(30-14)18-5-3-4-6-20(18)29-25(26)32)15-8-10-21(22(11-15)35-2)36-13-16-7-9-17(27)12-19(16)28/h3-12,14,23-24,30H,13H2,1-2H3,(H,29,32)/t14-,23-,24-,26+/m0/s1. The van der Waals surface area contributed by atoms with Crippen LogP contribution < -0.4 is 20.1 Å². The molecule has 36 heavy (non-hydrogen) atoms. The molecule has 4 atom stereocenters. The highest BCUT2D eigenvalue weighted by Crippen LogP contribution is 2.50. The second kappa shape index (κ2) is 9.28. The average Bonchev–Trinajstić information content (AvgIpc) is 3.32. The minimum Gasteiger partial charge on any atom is -0.493 e. The van der Waals surface area contributed by atoms with E-state index in [1.54, 1.807) is 60.7 Å². The number of anilines is 1. The number of nitro groups is 1. The van der Waals surface area contributed by atoms with Gasteiger partial charge in [0.25, 0.3) is 11.9 Å². The van der Waals surface area contributed by atoms with Crippen molar-refractivity contribution in [2.45, 2.75) is 37.1 Å². The number of nitrogens with one attached hydrogen (secondary N) is 2. The lowest BCUT2D eigenvalue weighted by atomic mass is 9.78. The summed E-state index contributed by atoms with van der Waals surface area (Å²) in [5, 5.41) is 19.6. The molecule has 3 aromatic rings. The molecule has 0 saturated carbocycles. The van der Waals surface area contributed by atoms with E-state index in [9.17, 15) is 14.9 Å². The third-order valence-corrected chi connectivity index (χ3v) is 7.52. The van der Waals surface area contributed by atoms with Crippen LogP contribution in [0.5, 0.6) is 11.5 Å². The number of amides is 1. The highest BCUT2D eigenvalue weighted by molar-refractivity contribution is 6.35. The van der Waals surface area contributed by atoms with Crippen LogP contribution in [0.2, 0.25) is 10.0 Å². The molecular formula is C26H23Cl2N3O5. The SMILES string of the molecule is COc1cc([C@@H]2[C@H](C)N[C@@]3(C(=O)Nc4ccccc43)[C@H]2[N+](=O)[O-])ccc1OCc1ccc(Cl)cc1Cl. The zero-order valence-electron chi connectivity index (χ0n) is 19.5. The zero-order chi connectivity index (χ0) is 25.6. The van der Waals surface area contributed by atoms with Gasteiger partial charge < -0.3 is 14.8 Å². The first-order chi connectivity index (χ1) is 17.3. The Morgan fingerprint density at radius 1 is 1.08 bits per heavy atom. The van der Waals surface area contributed by atoms with E-state index in [-0.39, 0.29) is 17.6 Å². The molecule has 0 aliphatic carbocycles. The average molecular weight is 528 g/mol. The van der Waals surface area contributed by atoms with Gasteiger partial charge in [0.1, 0.15) is 6.61 Å². The second-order valence-corrected chi connectivity index (χ2v) is 9.78. The largest absolute Gasteiger partial charge is 0.493 e. The molecule has 2 aliphatic rings. The number of ether oxygens (including phenoxy) is 2. The smallest absolute Gasteiger partial charge is 0.256 e. The minimum atomic E-state index is -1.47. The molecule has 10 heteroatoms. The fraction of sp³-hybridized carbons (Fsp3) is 0.269. The molecule has 1 fully saturated rings. The third kappa shape index (κ3) is 3.86. The maximum absolute atomic E-state index is 13.2. The molecular weight excluding hydrogens is 505 g/mol. The van der Waals surface area contributed by atoms with Crippen LogP contribution in [0.4, 0.5) is 5.69 Å². The Balaban J connectivity index is 1.48. The summed E-state index contributed by atoms with van der Waals surface area (Å²) in [4.78, 5) is 25.3. The maximum Gasteiger partial charge on any atom is 0.256 e. The van der Waals surface area contributed by atoms with Gasteiger partial charge in [-0.3, -0.25) is 20.2 Å². The summed E-state index contributed by atoms with van der Waals surface area (Å²) in [6.07, 6.45) is 0. The third-order valence-electron chi connectivity index (χ3n) is 6.93. The quantitative estimate of drug-likeness (QED) is 0.339. The number of carbonyl (C=O) groups is 1. The van der Waals surface area contributed by atoms with Crippen molar-refractivity contribution in [3.05, 3.63) is 97.5 Å². The van der Waals surface area contributed by atoms with Crippen molar-refractivity contribution in [1.82, 2.24) is 5.32 Å². The van der Waals surface area contributed by atoms with Crippen LogP contribution in [0.15, 0.2) is 60.7 Å². The highest BCUT2D eigenvalue weighted by Gasteiger charge is 2.67. The molecule has 2 heterocycles. The molecule has 0 aromatic heterocycles. The van der Waals surface area contributed by atoms with Gasteiger partial charge in [0.15, 0.2) is 17.0 Å². The van der Waals surface area contributed by atoms with Crippen LogP contribution in [0.3, 0.4) is 0 Å². The number of carbonyl (C=O) groups excluding carboxylic acids is 1. The normalized spacial score (nSPS) is 24.4. The Morgan fingerprint density at radius 2 is 1.86 bits per heavy atom. The van der Waals surface area contributed by atoms with Gasteiger partial charge in [-0.25, -0.2) is 0 Å². The Kier molecular flexibility index (Phi) is 6.28. The molecule has 2 N–H and O–H groups in total. The van der Waals surface area contributed by atoms with E-state index in [0.717, 1.165) is 5.56 Å². The Bertz CT molecular complexity index is 1370. The van der Waals surface area contributed by atoms with E-state index in [4.69, 9.17) is 32.7 Å². The first-order valence-corrected chi connectivity index (χ1v) is 12.1. The van der Waals surface area contributed by atoms with Gasteiger partial charge in [-0.05, 0) is 42.8 Å². The van der Waals surface area contributed by atoms with Gasteiger partial charge in [0, 0.05) is 37.8 Å². The topological polar surface area (TPSA) is 103 Å². The van der Waals surface area contributed by atoms with Crippen LogP contribution in [-0.4, -0.2) is 30.0 Å². The summed E-state index contributed by atoms with van der Waals surface area (Å²) in [6.45, 7) is 2.04. The van der Waals surface area contributed by atoms with Gasteiger partial charge in [-0.1, -0.05) is 53.5 Å². The minimum absolute atomic E-state index is 0.185. The summed E-state index contributed by atoms with van der Waals surface area (Å²) in [6, 6.07) is 15.8. The van der Waals surface area contributed by atoms with Crippen LogP contribution >= 0.6 is 23.2 Å². The molecule has 5 rings (SSSR count). The molecule has 1 saturated heterocycles. The number of hydrogen-bond acceptors (Lipinski definition) is 6. The monoisotopic (exact) mass is 527 g/mol. The molecule has 2 aliphatic heterocycles. The number of benzene rings is 3. The molecule has 8 nitrogen and oxygen atoms in total. The van der Waals surface area contributed by atoms with E-state index in [0.29, 0.717) is 38.4 Å². The molecule has 0 radical (unpaired) electrons. The van der Waals surface area contributed by atoms with Crippen molar-refractivity contribution in [3.8, 4) is 11.5 Å². The first kappa shape index (κ1) is 24.4. The lowest BCUT2D eigenvalue weighted by Gasteiger charge is -2.25. The zero-order valence-corrected chi connectivity index (χ0v) is 21.0. The number of fused-ring (bicyclic) bond motifs is 2. The number of hydrogen-bond donors (Lipinski definition) is 2. The van der Waals surface area contributed by atoms with Crippen molar-refractivity contribution in [2.75, 3.05) is 12.4 Å². The number of nitrogens with zero attached hydrogens (tertiary/aromatic N) is 1. The second-order valence-electron chi connectivity index (χ2n) is 8.93. The van der Waals surface area contributed by atoms with Crippen LogP contribution in [-0.2, 0) is 16.9 Å². The molecule has 186 valence electrons. The predicted molar refractivity (Wildman–Crippen MR) is 137 cm³/mol. The number of rotatable bonds is 6. The fourth-order valence-corrected chi connectivity index (χ4v) is 5.82. The lowest BCUT2D eigenvalue weighted by molar-refractivity contribution is -0.532. The van der Waals surface area contributed by atoms with E-state index in [2.05, 4.69) is 10.6 Å². The molecule has 1 amide bonds. The van der Waals surface area contributed by atoms with E-state index in [1.807, 2.05) is 6.92 Å². The van der Waals surface area contributed by atoms with Crippen molar-refractivity contribution in [1.29, 1.82) is 0 Å². The Morgan fingerprint density at radius 3 is 2.58 bits per heavy atom. The van der Waals surface area contributed by atoms with Gasteiger partial charge >= 0.3 is 0 Å². The summed E-state index contributed by atoms with van der Waals surface area (Å²) < 4.78 is 11.5. The van der Waals surface area contributed by atoms with Crippen LogP contribution in [0.1, 0.15) is 29.5 Å². The molecule has 1 spiro atoms. The van der Waals surface area contributed by atoms with Gasteiger partial charge in [0.2, 0.25) is 0 Å². The molecule has 0 unspecified atom stereocenters. The van der Waals surface area contributed by atoms with Crippen LogP contribution in [0, 0.1) is 10.1 Å². The predicted octanol–water partition coefficient (Wildman–Crippen LogP) is 5.15. The fourth-order valence-electron chi connectivity index (χ4n) is 5.36. The number of para-hydroxylation sites is 1. The van der Waals surface area contributed by atoms with E-state index < -0.39 is 23.4 Å². The summed E-state index contributed by atoms with van der Waals surface area (Å²) in [7, 11) is 1.50. The Labute approximate surface area is 217 Å². The molecule has 0 bridgehead atoms. The van der Waals surface area contributed by atoms with E-state index >= 15 is 0 Å². The van der Waals surface area contributed by atoms with E-state index in [1.165, 1.54) is 7.11 Å². The Hall–Kier alpha value is -3.33. The molecule has 3 aromatic carbocycles.